The molecule has 0 radical (unpaired) electrons. The van der Waals surface area contributed by atoms with E-state index in [1.165, 1.54) is 12.1 Å². The van der Waals surface area contributed by atoms with Crippen molar-refractivity contribution in [2.24, 2.45) is 5.92 Å². The molecule has 1 N–H and O–H groups in total. The molecule has 1 fully saturated rings. The van der Waals surface area contributed by atoms with Gasteiger partial charge in [-0.15, -0.1) is 10.2 Å². The van der Waals surface area contributed by atoms with Crippen LogP contribution in [0.2, 0.25) is 0 Å². The summed E-state index contributed by atoms with van der Waals surface area (Å²) in [5, 5.41) is 11.6. The van der Waals surface area contributed by atoms with E-state index in [1.807, 2.05) is 36.4 Å². The second-order valence-electron chi connectivity index (χ2n) is 7.06. The standard InChI is InChI=1S/C22H20BrFN4O/c23-17-5-9-19(10-6-17)25-22(29)16-2-1-13-28(14-16)21-12-11-20(26-27-21)15-3-7-18(24)8-4-15/h3-12,16H,1-2,13-14H2,(H,25,29). The number of amides is 1. The van der Waals surface area contributed by atoms with Gasteiger partial charge in [0.1, 0.15) is 5.82 Å². The summed E-state index contributed by atoms with van der Waals surface area (Å²) in [7, 11) is 0. The Kier molecular flexibility index (Phi) is 5.85. The van der Waals surface area contributed by atoms with Crippen molar-refractivity contribution in [3.05, 3.63) is 71.0 Å². The lowest BCUT2D eigenvalue weighted by Crippen LogP contribution is -2.41. The molecular weight excluding hydrogens is 435 g/mol. The number of anilines is 2. The highest BCUT2D eigenvalue weighted by Gasteiger charge is 2.26. The minimum absolute atomic E-state index is 0.0212. The molecule has 1 unspecified atom stereocenters. The summed E-state index contributed by atoms with van der Waals surface area (Å²) in [4.78, 5) is 14.8. The Labute approximate surface area is 177 Å². The molecule has 1 aliphatic rings. The van der Waals surface area contributed by atoms with Crippen molar-refractivity contribution >= 4 is 33.3 Å². The van der Waals surface area contributed by atoms with E-state index in [0.717, 1.165) is 40.9 Å². The Hall–Kier alpha value is -2.80. The fourth-order valence-corrected chi connectivity index (χ4v) is 3.71. The van der Waals surface area contributed by atoms with E-state index < -0.39 is 0 Å². The number of carbonyl (C=O) groups excluding carboxylic acids is 1. The Morgan fingerprint density at radius 2 is 1.79 bits per heavy atom. The number of piperidine rings is 1. The number of hydrogen-bond acceptors (Lipinski definition) is 4. The zero-order valence-corrected chi connectivity index (χ0v) is 17.3. The third-order valence-electron chi connectivity index (χ3n) is 5.02. The van der Waals surface area contributed by atoms with Crippen LogP contribution in [-0.2, 0) is 4.79 Å². The van der Waals surface area contributed by atoms with Crippen LogP contribution in [-0.4, -0.2) is 29.2 Å². The van der Waals surface area contributed by atoms with Gasteiger partial charge in [-0.1, -0.05) is 15.9 Å². The van der Waals surface area contributed by atoms with Crippen LogP contribution in [0.1, 0.15) is 12.8 Å². The molecule has 0 saturated carbocycles. The van der Waals surface area contributed by atoms with Crippen molar-refractivity contribution in [2.75, 3.05) is 23.3 Å². The molecule has 1 amide bonds. The van der Waals surface area contributed by atoms with E-state index in [4.69, 9.17) is 0 Å². The molecule has 0 spiro atoms. The van der Waals surface area contributed by atoms with Crippen molar-refractivity contribution in [3.8, 4) is 11.3 Å². The molecule has 29 heavy (non-hydrogen) atoms. The number of carbonyl (C=O) groups is 1. The van der Waals surface area contributed by atoms with Crippen molar-refractivity contribution in [3.63, 3.8) is 0 Å². The minimum atomic E-state index is -0.279. The number of aromatic nitrogens is 2. The van der Waals surface area contributed by atoms with Gasteiger partial charge < -0.3 is 10.2 Å². The Bertz CT molecular complexity index is 977. The lowest BCUT2D eigenvalue weighted by Gasteiger charge is -2.32. The van der Waals surface area contributed by atoms with E-state index >= 15 is 0 Å². The second kappa shape index (κ2) is 8.69. The van der Waals surface area contributed by atoms with Gasteiger partial charge in [0.25, 0.3) is 0 Å². The zero-order chi connectivity index (χ0) is 20.2. The van der Waals surface area contributed by atoms with Crippen LogP contribution >= 0.6 is 15.9 Å². The van der Waals surface area contributed by atoms with Crippen LogP contribution in [0.15, 0.2) is 65.1 Å². The molecule has 7 heteroatoms. The predicted molar refractivity (Wildman–Crippen MR) is 115 cm³/mol. The van der Waals surface area contributed by atoms with Crippen molar-refractivity contribution in [2.45, 2.75) is 12.8 Å². The normalized spacial score (nSPS) is 16.5. The van der Waals surface area contributed by atoms with Gasteiger partial charge >= 0.3 is 0 Å². The molecule has 0 bridgehead atoms. The summed E-state index contributed by atoms with van der Waals surface area (Å²) < 4.78 is 14.1. The van der Waals surface area contributed by atoms with Gasteiger partial charge in [0, 0.05) is 28.8 Å². The first-order chi connectivity index (χ1) is 14.1. The Morgan fingerprint density at radius 3 is 2.48 bits per heavy atom. The summed E-state index contributed by atoms with van der Waals surface area (Å²) in [6.07, 6.45) is 1.76. The van der Waals surface area contributed by atoms with Gasteiger partial charge in [-0.25, -0.2) is 4.39 Å². The van der Waals surface area contributed by atoms with Gasteiger partial charge in [0.15, 0.2) is 5.82 Å². The van der Waals surface area contributed by atoms with E-state index in [9.17, 15) is 9.18 Å². The highest BCUT2D eigenvalue weighted by Crippen LogP contribution is 2.25. The third kappa shape index (κ3) is 4.79. The highest BCUT2D eigenvalue weighted by molar-refractivity contribution is 9.10. The molecule has 148 valence electrons. The summed E-state index contributed by atoms with van der Waals surface area (Å²) >= 11 is 3.40. The maximum absolute atomic E-state index is 13.1. The first-order valence-corrected chi connectivity index (χ1v) is 10.3. The monoisotopic (exact) mass is 454 g/mol. The smallest absolute Gasteiger partial charge is 0.229 e. The number of halogens is 2. The van der Waals surface area contributed by atoms with Gasteiger partial charge in [0.05, 0.1) is 11.6 Å². The maximum atomic E-state index is 13.1. The Balaban J connectivity index is 1.41. The number of nitrogens with one attached hydrogen (secondary N) is 1. The van der Waals surface area contributed by atoms with E-state index in [-0.39, 0.29) is 17.6 Å². The molecule has 1 saturated heterocycles. The number of rotatable bonds is 4. The maximum Gasteiger partial charge on any atom is 0.229 e. The first kappa shape index (κ1) is 19.5. The molecule has 1 atom stereocenters. The topological polar surface area (TPSA) is 58.1 Å². The van der Waals surface area contributed by atoms with E-state index in [0.29, 0.717) is 12.2 Å². The van der Waals surface area contributed by atoms with Crippen LogP contribution in [0.3, 0.4) is 0 Å². The molecule has 2 aromatic carbocycles. The Morgan fingerprint density at radius 1 is 1.03 bits per heavy atom. The average Bonchev–Trinajstić information content (AvgIpc) is 2.76. The van der Waals surface area contributed by atoms with Crippen LogP contribution in [0.5, 0.6) is 0 Å². The number of benzene rings is 2. The van der Waals surface area contributed by atoms with Crippen LogP contribution in [0.25, 0.3) is 11.3 Å². The van der Waals surface area contributed by atoms with Gasteiger partial charge in [-0.2, -0.15) is 0 Å². The van der Waals surface area contributed by atoms with E-state index in [2.05, 4.69) is 36.3 Å². The lowest BCUT2D eigenvalue weighted by molar-refractivity contribution is -0.120. The van der Waals surface area contributed by atoms with Gasteiger partial charge in [-0.3, -0.25) is 4.79 Å². The number of nitrogens with zero attached hydrogens (tertiary/aromatic N) is 3. The molecule has 4 rings (SSSR count). The molecule has 1 aromatic heterocycles. The third-order valence-corrected chi connectivity index (χ3v) is 5.55. The van der Waals surface area contributed by atoms with Gasteiger partial charge in [-0.05, 0) is 73.5 Å². The summed E-state index contributed by atoms with van der Waals surface area (Å²) in [6, 6.07) is 17.5. The fraction of sp³-hybridized carbons (Fsp3) is 0.227. The summed E-state index contributed by atoms with van der Waals surface area (Å²) in [6.45, 7) is 1.44. The highest BCUT2D eigenvalue weighted by atomic mass is 79.9. The molecular formula is C22H20BrFN4O. The first-order valence-electron chi connectivity index (χ1n) is 9.49. The van der Waals surface area contributed by atoms with Gasteiger partial charge in [0.2, 0.25) is 5.91 Å². The molecule has 0 aliphatic carbocycles. The SMILES string of the molecule is O=C(Nc1ccc(Br)cc1)C1CCCN(c2ccc(-c3ccc(F)cc3)nn2)C1. The molecule has 5 nitrogen and oxygen atoms in total. The molecule has 3 aromatic rings. The van der Waals surface area contributed by atoms with Crippen LogP contribution in [0.4, 0.5) is 15.9 Å². The van der Waals surface area contributed by atoms with Crippen LogP contribution in [0, 0.1) is 11.7 Å². The summed E-state index contributed by atoms with van der Waals surface area (Å²) in [5.41, 5.74) is 2.30. The van der Waals surface area contributed by atoms with Crippen LogP contribution < -0.4 is 10.2 Å². The van der Waals surface area contributed by atoms with Crippen molar-refractivity contribution in [1.82, 2.24) is 10.2 Å². The summed E-state index contributed by atoms with van der Waals surface area (Å²) in [5.74, 6) is 0.384. The quantitative estimate of drug-likeness (QED) is 0.608. The minimum Gasteiger partial charge on any atom is -0.354 e. The zero-order valence-electron chi connectivity index (χ0n) is 15.7. The van der Waals surface area contributed by atoms with Crippen molar-refractivity contribution in [1.29, 1.82) is 0 Å². The predicted octanol–water partition coefficient (Wildman–Crippen LogP) is 4.90. The number of hydrogen-bond donors (Lipinski definition) is 1. The molecule has 1 aliphatic heterocycles. The largest absolute Gasteiger partial charge is 0.354 e. The fourth-order valence-electron chi connectivity index (χ4n) is 3.45. The van der Waals surface area contributed by atoms with E-state index in [1.54, 1.807) is 12.1 Å². The van der Waals surface area contributed by atoms with Crippen molar-refractivity contribution < 1.29 is 9.18 Å². The second-order valence-corrected chi connectivity index (χ2v) is 7.98. The lowest BCUT2D eigenvalue weighted by atomic mass is 9.97. The molecule has 2 heterocycles. The average molecular weight is 455 g/mol.